The molecule has 3 unspecified atom stereocenters. The molecule has 4 rings (SSSR count). The Hall–Kier alpha value is -1.91. The minimum absolute atomic E-state index is 0.0188. The zero-order chi connectivity index (χ0) is 30.1. The van der Waals surface area contributed by atoms with E-state index >= 15 is 4.39 Å². The number of hydrogen-bond acceptors (Lipinski definition) is 4. The first-order valence-electron chi connectivity index (χ1n) is 15.3. The molecular weight excluding hydrogens is 580 g/mol. The summed E-state index contributed by atoms with van der Waals surface area (Å²) in [6.07, 6.45) is 5.78. The lowest BCUT2D eigenvalue weighted by Crippen LogP contribution is -2.52. The largest absolute Gasteiger partial charge is 0.379 e. The van der Waals surface area contributed by atoms with E-state index in [9.17, 15) is 13.4 Å². The van der Waals surface area contributed by atoms with Crippen molar-refractivity contribution in [3.8, 4) is 0 Å². The van der Waals surface area contributed by atoms with E-state index < -0.39 is 16.8 Å². The highest BCUT2D eigenvalue weighted by Crippen LogP contribution is 2.40. The Kier molecular flexibility index (Phi) is 12.8. The summed E-state index contributed by atoms with van der Waals surface area (Å²) in [6.45, 7) is 6.84. The number of piperazine rings is 1. The standard InChI is InChI=1S/C32H44ClF2N3O3S/c1-3-18-42(40)38-17-16-36-21-24(38)11-14-26-29(34)6-5-7-31(26)37-32(39)20-27(23-10-15-28(33)30(35)19-23)22-8-12-25(13-9-22)41-4-2/h5-7,10,15,19,22,24-25,27,36H,3-4,8-9,11-14,16-18,20-21H2,1-2H3,(H,37,39). The Morgan fingerprint density at radius 2 is 1.95 bits per heavy atom. The van der Waals surface area contributed by atoms with E-state index in [-0.39, 0.29) is 47.1 Å². The minimum atomic E-state index is -1.06. The SMILES string of the molecule is CCCS(=O)N1CCNCC1CCc1c(F)cccc1NC(=O)CC(c1ccc(Cl)c(F)c1)C1CCC(OCC)CC1. The van der Waals surface area contributed by atoms with Crippen LogP contribution < -0.4 is 10.6 Å². The molecule has 0 spiro atoms. The van der Waals surface area contributed by atoms with Gasteiger partial charge in [-0.2, -0.15) is 0 Å². The Morgan fingerprint density at radius 3 is 2.67 bits per heavy atom. The fourth-order valence-electron chi connectivity index (χ4n) is 6.38. The van der Waals surface area contributed by atoms with Gasteiger partial charge in [0.25, 0.3) is 0 Å². The molecule has 1 aliphatic carbocycles. The molecule has 0 bridgehead atoms. The highest BCUT2D eigenvalue weighted by Gasteiger charge is 2.31. The monoisotopic (exact) mass is 623 g/mol. The second-order valence-corrected chi connectivity index (χ2v) is 13.3. The molecule has 2 fully saturated rings. The number of benzene rings is 2. The fourth-order valence-corrected chi connectivity index (χ4v) is 7.89. The Bertz CT molecular complexity index is 1210. The maximum absolute atomic E-state index is 15.1. The maximum atomic E-state index is 15.1. The lowest BCUT2D eigenvalue weighted by atomic mass is 9.74. The van der Waals surface area contributed by atoms with Gasteiger partial charge in [-0.05, 0) is 93.5 Å². The van der Waals surface area contributed by atoms with E-state index in [0.29, 0.717) is 49.5 Å². The van der Waals surface area contributed by atoms with Crippen LogP contribution in [-0.2, 0) is 26.9 Å². The van der Waals surface area contributed by atoms with E-state index in [0.717, 1.165) is 44.2 Å². The topological polar surface area (TPSA) is 70.7 Å². The third-order valence-corrected chi connectivity index (χ3v) is 10.6. The number of carbonyl (C=O) groups is 1. The summed E-state index contributed by atoms with van der Waals surface area (Å²) in [5.74, 6) is -0.507. The first-order valence-corrected chi connectivity index (χ1v) is 17.0. The van der Waals surface area contributed by atoms with Gasteiger partial charge in [0, 0.05) is 55.7 Å². The van der Waals surface area contributed by atoms with Crippen LogP contribution in [0.2, 0.25) is 5.02 Å². The molecule has 2 aliphatic rings. The number of amides is 1. The van der Waals surface area contributed by atoms with Gasteiger partial charge in [0.15, 0.2) is 0 Å². The summed E-state index contributed by atoms with van der Waals surface area (Å²) < 4.78 is 50.2. The van der Waals surface area contributed by atoms with Crippen LogP contribution in [0, 0.1) is 17.6 Å². The number of ether oxygens (including phenoxy) is 1. The second-order valence-electron chi connectivity index (χ2n) is 11.4. The first kappa shape index (κ1) is 33.0. The molecule has 232 valence electrons. The first-order chi connectivity index (χ1) is 20.3. The van der Waals surface area contributed by atoms with Crippen LogP contribution in [0.1, 0.15) is 75.8 Å². The summed E-state index contributed by atoms with van der Waals surface area (Å²) in [5.41, 5.74) is 1.64. The van der Waals surface area contributed by atoms with Crippen LogP contribution in [0.25, 0.3) is 0 Å². The van der Waals surface area contributed by atoms with Crippen molar-refractivity contribution in [2.24, 2.45) is 5.92 Å². The normalized spacial score (nSPS) is 22.9. The number of nitrogens with zero attached hydrogens (tertiary/aromatic N) is 1. The average molecular weight is 624 g/mol. The van der Waals surface area contributed by atoms with Crippen molar-refractivity contribution in [3.63, 3.8) is 0 Å². The number of halogens is 3. The maximum Gasteiger partial charge on any atom is 0.225 e. The highest BCUT2D eigenvalue weighted by molar-refractivity contribution is 7.82. The van der Waals surface area contributed by atoms with Gasteiger partial charge in [-0.25, -0.2) is 17.3 Å². The van der Waals surface area contributed by atoms with Crippen molar-refractivity contribution in [1.82, 2.24) is 9.62 Å². The summed E-state index contributed by atoms with van der Waals surface area (Å²) in [5, 5.41) is 6.39. The molecule has 1 amide bonds. The molecule has 6 nitrogen and oxygen atoms in total. The number of nitrogens with one attached hydrogen (secondary N) is 2. The van der Waals surface area contributed by atoms with Crippen LogP contribution in [-0.4, -0.2) is 58.6 Å². The molecular formula is C32H44ClF2N3O3S. The van der Waals surface area contributed by atoms with Gasteiger partial charge < -0.3 is 15.4 Å². The van der Waals surface area contributed by atoms with Crippen molar-refractivity contribution < 1.29 is 22.5 Å². The lowest BCUT2D eigenvalue weighted by Gasteiger charge is -2.35. The number of rotatable bonds is 13. The minimum Gasteiger partial charge on any atom is -0.379 e. The van der Waals surface area contributed by atoms with E-state index in [2.05, 4.69) is 10.6 Å². The molecule has 1 aliphatic heterocycles. The molecule has 2 N–H and O–H groups in total. The summed E-state index contributed by atoms with van der Waals surface area (Å²) >= 11 is 5.97. The lowest BCUT2D eigenvalue weighted by molar-refractivity contribution is -0.117. The molecule has 3 atom stereocenters. The van der Waals surface area contributed by atoms with Crippen LogP contribution in [0.4, 0.5) is 14.5 Å². The van der Waals surface area contributed by atoms with E-state index in [1.165, 1.54) is 12.1 Å². The molecule has 2 aromatic rings. The van der Waals surface area contributed by atoms with Gasteiger partial charge in [-0.15, -0.1) is 0 Å². The van der Waals surface area contributed by atoms with Crippen molar-refractivity contribution >= 4 is 34.2 Å². The number of hydrogen-bond donors (Lipinski definition) is 2. The summed E-state index contributed by atoms with van der Waals surface area (Å²) in [7, 11) is -1.06. The van der Waals surface area contributed by atoms with Gasteiger partial charge in [-0.3, -0.25) is 4.79 Å². The van der Waals surface area contributed by atoms with Gasteiger partial charge >= 0.3 is 0 Å². The third kappa shape index (κ3) is 8.82. The number of carbonyl (C=O) groups excluding carboxylic acids is 1. The fraction of sp³-hybridized carbons (Fsp3) is 0.594. The molecule has 42 heavy (non-hydrogen) atoms. The molecule has 1 heterocycles. The molecule has 0 aromatic heterocycles. The van der Waals surface area contributed by atoms with Crippen molar-refractivity contribution in [2.75, 3.05) is 37.3 Å². The van der Waals surface area contributed by atoms with Crippen molar-refractivity contribution in [2.45, 2.75) is 83.3 Å². The Morgan fingerprint density at radius 1 is 1.17 bits per heavy atom. The molecule has 2 aromatic carbocycles. The highest BCUT2D eigenvalue weighted by atomic mass is 35.5. The van der Waals surface area contributed by atoms with Crippen LogP contribution >= 0.6 is 11.6 Å². The Balaban J connectivity index is 1.47. The van der Waals surface area contributed by atoms with Gasteiger partial charge in [0.2, 0.25) is 5.91 Å². The summed E-state index contributed by atoms with van der Waals surface area (Å²) in [4.78, 5) is 13.5. The molecule has 1 saturated heterocycles. The zero-order valence-corrected chi connectivity index (χ0v) is 26.3. The van der Waals surface area contributed by atoms with E-state index in [1.807, 2.05) is 18.2 Å². The molecule has 0 radical (unpaired) electrons. The van der Waals surface area contributed by atoms with Crippen LogP contribution in [0.15, 0.2) is 36.4 Å². The zero-order valence-electron chi connectivity index (χ0n) is 24.7. The second kappa shape index (κ2) is 16.2. The van der Waals surface area contributed by atoms with E-state index in [4.69, 9.17) is 16.3 Å². The van der Waals surface area contributed by atoms with Gasteiger partial charge in [0.1, 0.15) is 11.6 Å². The van der Waals surface area contributed by atoms with Gasteiger partial charge in [0.05, 0.1) is 22.1 Å². The third-order valence-electron chi connectivity index (χ3n) is 8.52. The van der Waals surface area contributed by atoms with E-state index in [1.54, 1.807) is 24.3 Å². The van der Waals surface area contributed by atoms with Crippen molar-refractivity contribution in [3.05, 3.63) is 64.2 Å². The average Bonchev–Trinajstić information content (AvgIpc) is 2.98. The molecule has 1 saturated carbocycles. The van der Waals surface area contributed by atoms with Crippen molar-refractivity contribution in [1.29, 1.82) is 0 Å². The van der Waals surface area contributed by atoms with Crippen LogP contribution in [0.5, 0.6) is 0 Å². The smallest absolute Gasteiger partial charge is 0.225 e. The molecule has 10 heteroatoms. The quantitative estimate of drug-likeness (QED) is 0.264. The van der Waals surface area contributed by atoms with Gasteiger partial charge in [-0.1, -0.05) is 30.7 Å². The predicted molar refractivity (Wildman–Crippen MR) is 166 cm³/mol. The Labute approximate surface area is 256 Å². The number of anilines is 1. The van der Waals surface area contributed by atoms with Crippen LogP contribution in [0.3, 0.4) is 0 Å². The predicted octanol–water partition coefficient (Wildman–Crippen LogP) is 6.61. The summed E-state index contributed by atoms with van der Waals surface area (Å²) in [6, 6.07) is 9.54.